The summed E-state index contributed by atoms with van der Waals surface area (Å²) < 4.78 is 1.77. The lowest BCUT2D eigenvalue weighted by Crippen LogP contribution is -2.23. The monoisotopic (exact) mass is 238 g/mol. The maximum atomic E-state index is 9.36. The fraction of sp³-hybridized carbons (Fsp3) is 0.286. The Morgan fingerprint density at radius 2 is 2.33 bits per heavy atom. The summed E-state index contributed by atoms with van der Waals surface area (Å²) in [6.07, 6.45) is 0.879. The minimum Gasteiger partial charge on any atom is -0.311 e. The van der Waals surface area contributed by atoms with Crippen LogP contribution in [0.15, 0.2) is 24.3 Å². The van der Waals surface area contributed by atoms with Crippen LogP contribution < -0.4 is 5.32 Å². The summed E-state index contributed by atoms with van der Waals surface area (Å²) in [4.78, 5) is 0. The van der Waals surface area contributed by atoms with E-state index >= 15 is 0 Å². The van der Waals surface area contributed by atoms with Crippen LogP contribution in [-0.4, -0.2) is 16.3 Å². The van der Waals surface area contributed by atoms with Crippen LogP contribution >= 0.6 is 0 Å². The van der Waals surface area contributed by atoms with Gasteiger partial charge in [-0.2, -0.15) is 10.4 Å². The number of nitrogens with zero attached hydrogens (tertiary/aromatic N) is 3. The second kappa shape index (κ2) is 4.28. The van der Waals surface area contributed by atoms with Gasteiger partial charge in [0.25, 0.3) is 0 Å². The molecule has 3 rings (SSSR count). The molecule has 90 valence electrons. The van der Waals surface area contributed by atoms with Crippen LogP contribution in [0.3, 0.4) is 0 Å². The van der Waals surface area contributed by atoms with Crippen molar-refractivity contribution in [2.45, 2.75) is 19.9 Å². The first-order valence-corrected chi connectivity index (χ1v) is 6.08. The number of aryl methyl sites for hydroxylation is 1. The molecule has 1 aromatic carbocycles. The van der Waals surface area contributed by atoms with E-state index in [-0.39, 0.29) is 0 Å². The van der Waals surface area contributed by atoms with Gasteiger partial charge in [-0.25, -0.2) is 4.68 Å². The molecule has 0 fully saturated rings. The normalized spacial score (nSPS) is 14.0. The van der Waals surface area contributed by atoms with Crippen molar-refractivity contribution in [3.63, 3.8) is 0 Å². The third-order valence-electron chi connectivity index (χ3n) is 3.26. The van der Waals surface area contributed by atoms with Gasteiger partial charge in [-0.3, -0.25) is 0 Å². The lowest BCUT2D eigenvalue weighted by molar-refractivity contribution is 0.629. The number of nitriles is 1. The van der Waals surface area contributed by atoms with Gasteiger partial charge in [0.1, 0.15) is 11.8 Å². The third kappa shape index (κ3) is 1.69. The van der Waals surface area contributed by atoms with Gasteiger partial charge in [-0.05, 0) is 37.6 Å². The van der Waals surface area contributed by atoms with E-state index in [1.807, 2.05) is 31.2 Å². The fourth-order valence-corrected chi connectivity index (χ4v) is 2.38. The Labute approximate surface area is 106 Å². The first-order valence-electron chi connectivity index (χ1n) is 6.08. The summed E-state index contributed by atoms with van der Waals surface area (Å²) in [5.74, 6) is 0. The van der Waals surface area contributed by atoms with Gasteiger partial charge in [0.15, 0.2) is 0 Å². The molecule has 0 unspecified atom stereocenters. The summed E-state index contributed by atoms with van der Waals surface area (Å²) >= 11 is 0. The Morgan fingerprint density at radius 1 is 1.44 bits per heavy atom. The van der Waals surface area contributed by atoms with Gasteiger partial charge in [0.05, 0.1) is 11.4 Å². The summed E-state index contributed by atoms with van der Waals surface area (Å²) in [6.45, 7) is 3.71. The minimum atomic E-state index is 0.678. The predicted octanol–water partition coefficient (Wildman–Crippen LogP) is 1.70. The molecule has 0 atom stereocenters. The zero-order valence-electron chi connectivity index (χ0n) is 10.3. The van der Waals surface area contributed by atoms with Gasteiger partial charge >= 0.3 is 0 Å². The molecule has 0 radical (unpaired) electrons. The predicted molar refractivity (Wildman–Crippen MR) is 68.4 cm³/mol. The molecule has 18 heavy (non-hydrogen) atoms. The lowest BCUT2D eigenvalue weighted by atomic mass is 10.1. The maximum absolute atomic E-state index is 9.36. The summed E-state index contributed by atoms with van der Waals surface area (Å²) in [5, 5.41) is 17.2. The van der Waals surface area contributed by atoms with E-state index in [1.54, 1.807) is 4.68 Å². The molecular weight excluding hydrogens is 224 g/mol. The van der Waals surface area contributed by atoms with Crippen molar-refractivity contribution in [2.24, 2.45) is 0 Å². The highest BCUT2D eigenvalue weighted by atomic mass is 15.3. The van der Waals surface area contributed by atoms with Crippen LogP contribution in [0, 0.1) is 18.3 Å². The molecule has 0 aliphatic carbocycles. The van der Waals surface area contributed by atoms with E-state index in [2.05, 4.69) is 16.5 Å². The van der Waals surface area contributed by atoms with E-state index < -0.39 is 0 Å². The van der Waals surface area contributed by atoms with Crippen LogP contribution in [0.2, 0.25) is 0 Å². The van der Waals surface area contributed by atoms with Crippen molar-refractivity contribution in [3.8, 4) is 11.8 Å². The van der Waals surface area contributed by atoms with Crippen molar-refractivity contribution in [3.05, 3.63) is 46.8 Å². The molecule has 1 aliphatic heterocycles. The molecule has 0 spiro atoms. The fourth-order valence-electron chi connectivity index (χ4n) is 2.38. The zero-order valence-corrected chi connectivity index (χ0v) is 10.3. The lowest BCUT2D eigenvalue weighted by Gasteiger charge is -2.10. The molecule has 0 saturated carbocycles. The molecule has 1 N–H and O–H groups in total. The first-order chi connectivity index (χ1) is 8.79. The van der Waals surface area contributed by atoms with E-state index in [1.165, 1.54) is 5.56 Å². The number of fused-ring (bicyclic) bond motifs is 1. The summed E-state index contributed by atoms with van der Waals surface area (Å²) in [6, 6.07) is 10.4. The molecule has 0 amide bonds. The van der Waals surface area contributed by atoms with Gasteiger partial charge in [0.2, 0.25) is 0 Å². The minimum absolute atomic E-state index is 0.678. The highest BCUT2D eigenvalue weighted by Crippen LogP contribution is 2.21. The molecule has 0 saturated heterocycles. The molecule has 1 aliphatic rings. The van der Waals surface area contributed by atoms with E-state index in [9.17, 15) is 5.26 Å². The van der Waals surface area contributed by atoms with E-state index in [0.29, 0.717) is 5.69 Å². The van der Waals surface area contributed by atoms with Gasteiger partial charge in [-0.15, -0.1) is 0 Å². The van der Waals surface area contributed by atoms with Crippen LogP contribution in [0.4, 0.5) is 0 Å². The number of nitrogens with one attached hydrogen (secondary N) is 1. The van der Waals surface area contributed by atoms with Crippen molar-refractivity contribution < 1.29 is 0 Å². The van der Waals surface area contributed by atoms with E-state index in [0.717, 1.165) is 36.5 Å². The second-order valence-electron chi connectivity index (χ2n) is 4.56. The molecule has 2 aromatic rings. The number of benzene rings is 1. The number of hydrogen-bond donors (Lipinski definition) is 1. The van der Waals surface area contributed by atoms with Crippen molar-refractivity contribution in [2.75, 3.05) is 6.54 Å². The number of hydrogen-bond acceptors (Lipinski definition) is 3. The number of aromatic nitrogens is 2. The standard InChI is InChI=1S/C14H14N4/c1-10-3-2-4-11(7-10)18-14(8-15)12-5-6-16-9-13(12)17-18/h2-4,7,16H,5-6,9H2,1H3. The van der Waals surface area contributed by atoms with Gasteiger partial charge < -0.3 is 5.32 Å². The number of rotatable bonds is 1. The molecule has 2 heterocycles. The van der Waals surface area contributed by atoms with Crippen LogP contribution in [0.5, 0.6) is 0 Å². The van der Waals surface area contributed by atoms with Crippen molar-refractivity contribution >= 4 is 0 Å². The Balaban J connectivity index is 2.18. The SMILES string of the molecule is Cc1cccc(-n2nc3c(c2C#N)CCNC3)c1. The average molecular weight is 238 g/mol. The quantitative estimate of drug-likeness (QED) is 0.822. The summed E-state index contributed by atoms with van der Waals surface area (Å²) in [5.41, 5.74) is 4.90. The zero-order chi connectivity index (χ0) is 12.5. The first kappa shape index (κ1) is 11.0. The third-order valence-corrected chi connectivity index (χ3v) is 3.26. The largest absolute Gasteiger partial charge is 0.311 e. The Morgan fingerprint density at radius 3 is 3.11 bits per heavy atom. The molecule has 4 heteroatoms. The van der Waals surface area contributed by atoms with Gasteiger partial charge in [-0.1, -0.05) is 12.1 Å². The highest BCUT2D eigenvalue weighted by molar-refractivity contribution is 5.45. The topological polar surface area (TPSA) is 53.6 Å². The average Bonchev–Trinajstić information content (AvgIpc) is 2.77. The molecule has 1 aromatic heterocycles. The molecular formula is C14H14N4. The van der Waals surface area contributed by atoms with Gasteiger partial charge in [0, 0.05) is 12.1 Å². The van der Waals surface area contributed by atoms with Crippen molar-refractivity contribution in [1.82, 2.24) is 15.1 Å². The Kier molecular flexibility index (Phi) is 2.62. The Bertz CT molecular complexity index is 634. The highest BCUT2D eigenvalue weighted by Gasteiger charge is 2.20. The smallest absolute Gasteiger partial charge is 0.147 e. The van der Waals surface area contributed by atoms with Crippen LogP contribution in [0.1, 0.15) is 22.5 Å². The molecule has 4 nitrogen and oxygen atoms in total. The Hall–Kier alpha value is -2.12. The van der Waals surface area contributed by atoms with Crippen LogP contribution in [-0.2, 0) is 13.0 Å². The summed E-state index contributed by atoms with van der Waals surface area (Å²) in [7, 11) is 0. The van der Waals surface area contributed by atoms with Crippen molar-refractivity contribution in [1.29, 1.82) is 5.26 Å². The molecule has 0 bridgehead atoms. The second-order valence-corrected chi connectivity index (χ2v) is 4.56. The van der Waals surface area contributed by atoms with Crippen LogP contribution in [0.25, 0.3) is 5.69 Å². The van der Waals surface area contributed by atoms with E-state index in [4.69, 9.17) is 0 Å². The maximum Gasteiger partial charge on any atom is 0.147 e.